The van der Waals surface area contributed by atoms with Crippen molar-refractivity contribution in [1.82, 2.24) is 0 Å². The minimum atomic E-state index is -1.88. The number of aliphatic hydroxyl groups is 6. The molecule has 0 radical (unpaired) electrons. The van der Waals surface area contributed by atoms with Crippen LogP contribution in [0.1, 0.15) is 18.6 Å². The highest BCUT2D eigenvalue weighted by atomic mass is 16.7. The van der Waals surface area contributed by atoms with E-state index in [9.17, 15) is 45.6 Å². The van der Waals surface area contributed by atoms with Crippen LogP contribution in [0.2, 0.25) is 0 Å². The Kier molecular flexibility index (Phi) is 8.44. The van der Waals surface area contributed by atoms with Gasteiger partial charge in [0, 0.05) is 17.7 Å². The van der Waals surface area contributed by atoms with E-state index in [1.54, 1.807) is 24.3 Å². The summed E-state index contributed by atoms with van der Waals surface area (Å²) in [5.74, 6) is -0.710. The van der Waals surface area contributed by atoms with E-state index in [1.807, 2.05) is 0 Å². The molecule has 0 aliphatic carbocycles. The van der Waals surface area contributed by atoms with Crippen LogP contribution in [0.4, 0.5) is 0 Å². The van der Waals surface area contributed by atoms with E-state index < -0.39 is 90.3 Å². The smallest absolute Gasteiger partial charge is 0.197 e. The molecule has 42 heavy (non-hydrogen) atoms. The highest BCUT2D eigenvalue weighted by Crippen LogP contribution is 2.45. The Morgan fingerprint density at radius 3 is 2.21 bits per heavy atom. The summed E-state index contributed by atoms with van der Waals surface area (Å²) in [5, 5.41) is 84.1. The minimum absolute atomic E-state index is 0.139. The number of phenolic OH excluding ortho intramolecular Hbond substituents is 2. The van der Waals surface area contributed by atoms with Gasteiger partial charge in [-0.1, -0.05) is 0 Å². The zero-order valence-corrected chi connectivity index (χ0v) is 22.5. The Bertz CT molecular complexity index is 1470. The lowest BCUT2D eigenvalue weighted by molar-refractivity contribution is -0.338. The summed E-state index contributed by atoms with van der Waals surface area (Å²) >= 11 is 0. The van der Waals surface area contributed by atoms with Crippen LogP contribution in [0.25, 0.3) is 22.3 Å². The largest absolute Gasteiger partial charge is 0.507 e. The molecule has 0 spiro atoms. The maximum Gasteiger partial charge on any atom is 0.197 e. The number of methoxy groups -OCH3 is 1. The van der Waals surface area contributed by atoms with Crippen LogP contribution in [-0.2, 0) is 14.2 Å². The number of benzene rings is 2. The van der Waals surface area contributed by atoms with Gasteiger partial charge in [-0.3, -0.25) is 4.79 Å². The van der Waals surface area contributed by atoms with Gasteiger partial charge < -0.3 is 64.2 Å². The average molecular weight is 593 g/mol. The van der Waals surface area contributed by atoms with Crippen LogP contribution in [-0.4, -0.2) is 110 Å². The predicted molar refractivity (Wildman–Crippen MR) is 142 cm³/mol. The van der Waals surface area contributed by atoms with Crippen molar-refractivity contribution in [3.05, 3.63) is 52.2 Å². The fourth-order valence-electron chi connectivity index (χ4n) is 5.25. The second kappa shape index (κ2) is 11.8. The van der Waals surface area contributed by atoms with Gasteiger partial charge in [0.25, 0.3) is 0 Å². The van der Waals surface area contributed by atoms with E-state index in [1.165, 1.54) is 14.0 Å². The lowest BCUT2D eigenvalue weighted by atomic mass is 9.89. The van der Waals surface area contributed by atoms with Crippen LogP contribution >= 0.6 is 0 Å². The average Bonchev–Trinajstić information content (AvgIpc) is 2.97. The van der Waals surface area contributed by atoms with Gasteiger partial charge in [-0.15, -0.1) is 0 Å². The van der Waals surface area contributed by atoms with Crippen molar-refractivity contribution in [3.8, 4) is 28.6 Å². The number of ether oxygens (including phenoxy) is 4. The number of hydrogen-bond donors (Lipinski definition) is 8. The number of rotatable bonds is 6. The Balaban J connectivity index is 1.52. The second-order valence-electron chi connectivity index (χ2n) is 10.3. The summed E-state index contributed by atoms with van der Waals surface area (Å²) in [6.07, 6.45) is -15.9. The van der Waals surface area contributed by atoms with Crippen molar-refractivity contribution >= 4 is 11.0 Å². The SMILES string of the molecule is COc1ccc(-c2cc(=O)c3c(O)c([C@@H]4O[C@@H](CO)[C@@H](O)[C@H](O[C@@H]5O[C@@H](C)[C@H](O)[C@H](O)[C@@H]5O)[C@H]4O)c(O)cc3o2)cc1. The summed E-state index contributed by atoms with van der Waals surface area (Å²) in [6, 6.07) is 8.80. The van der Waals surface area contributed by atoms with E-state index in [-0.39, 0.29) is 16.7 Å². The molecule has 2 aromatic carbocycles. The molecule has 2 fully saturated rings. The van der Waals surface area contributed by atoms with Gasteiger partial charge in [0.15, 0.2) is 11.7 Å². The van der Waals surface area contributed by atoms with E-state index in [0.717, 1.165) is 12.1 Å². The maximum atomic E-state index is 13.1. The monoisotopic (exact) mass is 592 g/mol. The van der Waals surface area contributed by atoms with Crippen LogP contribution < -0.4 is 10.2 Å². The molecule has 0 bridgehead atoms. The topological polar surface area (TPSA) is 229 Å². The quantitative estimate of drug-likeness (QED) is 0.176. The van der Waals surface area contributed by atoms with E-state index >= 15 is 0 Å². The van der Waals surface area contributed by atoms with E-state index in [0.29, 0.717) is 11.3 Å². The Morgan fingerprint density at radius 2 is 1.57 bits per heavy atom. The number of fused-ring (bicyclic) bond motifs is 1. The van der Waals surface area contributed by atoms with Crippen LogP contribution in [0, 0.1) is 0 Å². The standard InChI is InChI=1S/C28H32O14/c1-10-20(32)23(35)24(36)28(39-10)42-27-21(33)17(9-29)41-26(25(27)37)19-14(31)8-16-18(22(19)34)13(30)7-15(40-16)11-3-5-12(38-2)6-4-11/h3-8,10,17,20-21,23-29,31-37H,9H2,1-2H3/t10-,17-,20-,21+,23-,24-,25-,26-,27-,28-/m0/s1. The van der Waals surface area contributed by atoms with Gasteiger partial charge >= 0.3 is 0 Å². The Hall–Kier alpha value is -3.31. The maximum absolute atomic E-state index is 13.1. The van der Waals surface area contributed by atoms with E-state index in [4.69, 9.17) is 23.4 Å². The van der Waals surface area contributed by atoms with Crippen LogP contribution in [0.5, 0.6) is 17.2 Å². The zero-order valence-electron chi connectivity index (χ0n) is 22.5. The third-order valence-electron chi connectivity index (χ3n) is 7.63. The van der Waals surface area contributed by atoms with Gasteiger partial charge in [-0.05, 0) is 31.2 Å². The molecular formula is C28H32O14. The van der Waals surface area contributed by atoms with Crippen LogP contribution in [0.15, 0.2) is 45.6 Å². The van der Waals surface area contributed by atoms with Gasteiger partial charge in [0.1, 0.15) is 82.8 Å². The zero-order chi connectivity index (χ0) is 30.5. The fraction of sp³-hybridized carbons (Fsp3) is 0.464. The first-order valence-corrected chi connectivity index (χ1v) is 13.1. The van der Waals surface area contributed by atoms with Crippen molar-refractivity contribution in [1.29, 1.82) is 0 Å². The molecule has 0 amide bonds. The van der Waals surface area contributed by atoms with E-state index in [2.05, 4.69) is 0 Å². The lowest BCUT2D eigenvalue weighted by Crippen LogP contribution is -2.62. The van der Waals surface area contributed by atoms with Crippen molar-refractivity contribution in [2.75, 3.05) is 13.7 Å². The van der Waals surface area contributed by atoms with Crippen LogP contribution in [0.3, 0.4) is 0 Å². The predicted octanol–water partition coefficient (Wildman–Crippen LogP) is -0.754. The van der Waals surface area contributed by atoms with Crippen molar-refractivity contribution in [2.45, 2.75) is 68.1 Å². The van der Waals surface area contributed by atoms with Crippen molar-refractivity contribution in [2.24, 2.45) is 0 Å². The molecule has 2 aliphatic heterocycles. The molecule has 2 saturated heterocycles. The summed E-state index contributed by atoms with van der Waals surface area (Å²) in [6.45, 7) is 0.613. The Morgan fingerprint density at radius 1 is 0.881 bits per heavy atom. The third-order valence-corrected chi connectivity index (χ3v) is 7.63. The first-order chi connectivity index (χ1) is 20.0. The molecule has 14 nitrogen and oxygen atoms in total. The minimum Gasteiger partial charge on any atom is -0.507 e. The molecule has 14 heteroatoms. The molecule has 1 aromatic heterocycles. The number of phenols is 2. The normalized spacial score (nSPS) is 33.5. The fourth-order valence-corrected chi connectivity index (χ4v) is 5.25. The summed E-state index contributed by atoms with van der Waals surface area (Å²) in [5.41, 5.74) is -0.794. The molecule has 228 valence electrons. The molecule has 0 saturated carbocycles. The molecule has 3 heterocycles. The molecule has 5 rings (SSSR count). The highest BCUT2D eigenvalue weighted by molar-refractivity contribution is 5.88. The summed E-state index contributed by atoms with van der Waals surface area (Å²) in [7, 11) is 1.50. The third kappa shape index (κ3) is 5.21. The second-order valence-corrected chi connectivity index (χ2v) is 10.3. The van der Waals surface area contributed by atoms with Crippen molar-refractivity contribution < 1.29 is 64.2 Å². The molecule has 8 N–H and O–H groups in total. The number of hydrogen-bond acceptors (Lipinski definition) is 14. The van der Waals surface area contributed by atoms with Gasteiger partial charge in [-0.25, -0.2) is 0 Å². The molecule has 0 unspecified atom stereocenters. The lowest BCUT2D eigenvalue weighted by Gasteiger charge is -2.46. The molecular weight excluding hydrogens is 560 g/mol. The first kappa shape index (κ1) is 30.2. The summed E-state index contributed by atoms with van der Waals surface area (Å²) < 4.78 is 27.6. The molecule has 10 atom stereocenters. The summed E-state index contributed by atoms with van der Waals surface area (Å²) in [4.78, 5) is 13.1. The van der Waals surface area contributed by atoms with Gasteiger partial charge in [-0.2, -0.15) is 0 Å². The number of aromatic hydroxyl groups is 2. The van der Waals surface area contributed by atoms with Gasteiger partial charge in [0.05, 0.1) is 25.4 Å². The van der Waals surface area contributed by atoms with Crippen molar-refractivity contribution in [3.63, 3.8) is 0 Å². The highest BCUT2D eigenvalue weighted by Gasteiger charge is 2.51. The molecule has 3 aromatic rings. The number of aliphatic hydroxyl groups excluding tert-OH is 6. The Labute approximate surface area is 238 Å². The first-order valence-electron chi connectivity index (χ1n) is 13.1. The molecule has 2 aliphatic rings. The van der Waals surface area contributed by atoms with Gasteiger partial charge in [0.2, 0.25) is 0 Å².